The number of methoxy groups -OCH3 is 1. The Morgan fingerprint density at radius 3 is 2.88 bits per heavy atom. The van der Waals surface area contributed by atoms with Crippen molar-refractivity contribution in [3.8, 4) is 5.75 Å². The largest absolute Gasteiger partial charge is 0.493 e. The summed E-state index contributed by atoms with van der Waals surface area (Å²) in [5.41, 5.74) is 1.21. The fourth-order valence-electron chi connectivity index (χ4n) is 2.33. The average Bonchev–Trinajstić information content (AvgIpc) is 3.07. The van der Waals surface area contributed by atoms with E-state index in [4.69, 9.17) is 4.74 Å². The van der Waals surface area contributed by atoms with E-state index in [2.05, 4.69) is 22.0 Å². The lowest BCUT2D eigenvalue weighted by Crippen LogP contribution is -2.21. The zero-order valence-corrected chi connectivity index (χ0v) is 11.1. The highest BCUT2D eigenvalue weighted by molar-refractivity contribution is 5.28. The second-order valence-corrected chi connectivity index (χ2v) is 4.84. The van der Waals surface area contributed by atoms with Crippen molar-refractivity contribution in [2.75, 3.05) is 14.2 Å². The van der Waals surface area contributed by atoms with Gasteiger partial charge in [0.1, 0.15) is 0 Å². The van der Waals surface area contributed by atoms with E-state index in [9.17, 15) is 0 Å². The summed E-state index contributed by atoms with van der Waals surface area (Å²) in [6.07, 6.45) is 6.88. The summed E-state index contributed by atoms with van der Waals surface area (Å²) < 4.78 is 7.52. The zero-order valence-electron chi connectivity index (χ0n) is 11.1. The highest BCUT2D eigenvalue weighted by atomic mass is 16.5. The van der Waals surface area contributed by atoms with Crippen LogP contribution < -0.4 is 10.1 Å². The van der Waals surface area contributed by atoms with Crippen molar-refractivity contribution >= 4 is 0 Å². The minimum atomic E-state index is 0.367. The quantitative estimate of drug-likeness (QED) is 0.791. The number of aryl methyl sites for hydroxylation is 1. The third-order valence-corrected chi connectivity index (χ3v) is 3.44. The Kier molecular flexibility index (Phi) is 4.05. The molecule has 1 aliphatic carbocycles. The Labute approximate surface area is 103 Å². The Balaban J connectivity index is 2.20. The van der Waals surface area contributed by atoms with Crippen LogP contribution >= 0.6 is 0 Å². The topological polar surface area (TPSA) is 39.1 Å². The van der Waals surface area contributed by atoms with Gasteiger partial charge in [-0.2, -0.15) is 5.10 Å². The van der Waals surface area contributed by atoms with Crippen LogP contribution in [0.2, 0.25) is 0 Å². The van der Waals surface area contributed by atoms with Crippen molar-refractivity contribution in [1.29, 1.82) is 0 Å². The van der Waals surface area contributed by atoms with Gasteiger partial charge >= 0.3 is 0 Å². The van der Waals surface area contributed by atoms with Gasteiger partial charge in [0.2, 0.25) is 0 Å². The monoisotopic (exact) mass is 237 g/mol. The number of rotatable bonds is 7. The van der Waals surface area contributed by atoms with E-state index in [1.807, 2.05) is 13.2 Å². The second kappa shape index (κ2) is 5.54. The minimum absolute atomic E-state index is 0.367. The van der Waals surface area contributed by atoms with E-state index in [-0.39, 0.29) is 0 Å². The van der Waals surface area contributed by atoms with Gasteiger partial charge < -0.3 is 10.1 Å². The average molecular weight is 237 g/mol. The van der Waals surface area contributed by atoms with Gasteiger partial charge in [0.15, 0.2) is 5.75 Å². The number of nitrogens with one attached hydrogen (secondary N) is 1. The van der Waals surface area contributed by atoms with E-state index < -0.39 is 0 Å². The molecule has 4 nitrogen and oxygen atoms in total. The highest BCUT2D eigenvalue weighted by Gasteiger charge is 2.29. The smallest absolute Gasteiger partial charge is 0.161 e. The first-order valence-electron chi connectivity index (χ1n) is 6.57. The normalized spacial score (nSPS) is 17.1. The van der Waals surface area contributed by atoms with Gasteiger partial charge in [0.25, 0.3) is 0 Å². The van der Waals surface area contributed by atoms with Crippen LogP contribution in [0.25, 0.3) is 0 Å². The molecule has 17 heavy (non-hydrogen) atoms. The fraction of sp³-hybridized carbons (Fsp3) is 0.769. The summed E-state index contributed by atoms with van der Waals surface area (Å²) in [6.45, 7) is 3.13. The lowest BCUT2D eigenvalue weighted by Gasteiger charge is -2.19. The molecule has 1 unspecified atom stereocenters. The summed E-state index contributed by atoms with van der Waals surface area (Å²) in [5, 5.41) is 7.83. The SMILES string of the molecule is CCCn1ncc(OC)c1C(CC1CC1)NC. The first-order chi connectivity index (χ1) is 8.30. The molecular weight excluding hydrogens is 214 g/mol. The molecule has 1 saturated carbocycles. The Hall–Kier alpha value is -1.03. The minimum Gasteiger partial charge on any atom is -0.493 e. The summed E-state index contributed by atoms with van der Waals surface area (Å²) >= 11 is 0. The predicted octanol–water partition coefficient (Wildman–Crippen LogP) is 2.36. The van der Waals surface area contributed by atoms with Crippen LogP contribution in [0.15, 0.2) is 6.20 Å². The molecule has 1 aromatic heterocycles. The molecule has 4 heteroatoms. The molecule has 1 heterocycles. The van der Waals surface area contributed by atoms with Crippen LogP contribution in [-0.2, 0) is 6.54 Å². The number of aromatic nitrogens is 2. The van der Waals surface area contributed by atoms with E-state index in [1.54, 1.807) is 7.11 Å². The van der Waals surface area contributed by atoms with Crippen LogP contribution in [0.3, 0.4) is 0 Å². The summed E-state index contributed by atoms with van der Waals surface area (Å²) in [7, 11) is 3.75. The van der Waals surface area contributed by atoms with Gasteiger partial charge in [0.05, 0.1) is 25.0 Å². The van der Waals surface area contributed by atoms with Gasteiger partial charge in [-0.15, -0.1) is 0 Å². The predicted molar refractivity (Wildman–Crippen MR) is 68.2 cm³/mol. The van der Waals surface area contributed by atoms with Gasteiger partial charge in [0, 0.05) is 6.54 Å². The molecule has 0 bridgehead atoms. The van der Waals surface area contributed by atoms with Crippen molar-refractivity contribution in [3.05, 3.63) is 11.9 Å². The van der Waals surface area contributed by atoms with Crippen LogP contribution in [-0.4, -0.2) is 23.9 Å². The maximum Gasteiger partial charge on any atom is 0.161 e. The molecule has 0 aromatic carbocycles. The molecule has 1 fully saturated rings. The number of ether oxygens (including phenoxy) is 1. The van der Waals surface area contributed by atoms with Crippen molar-refractivity contribution in [2.45, 2.75) is 45.2 Å². The summed E-state index contributed by atoms with van der Waals surface area (Å²) in [6, 6.07) is 0.367. The first kappa shape index (κ1) is 12.4. The molecular formula is C13H23N3O. The Bertz CT molecular complexity index is 358. The Morgan fingerprint density at radius 1 is 1.59 bits per heavy atom. The summed E-state index contributed by atoms with van der Waals surface area (Å²) in [5.74, 6) is 1.81. The molecule has 0 amide bonds. The van der Waals surface area contributed by atoms with E-state index in [0.29, 0.717) is 6.04 Å². The first-order valence-corrected chi connectivity index (χ1v) is 6.57. The third-order valence-electron chi connectivity index (χ3n) is 3.44. The molecule has 0 spiro atoms. The molecule has 1 aliphatic rings. The lowest BCUT2D eigenvalue weighted by atomic mass is 10.1. The van der Waals surface area contributed by atoms with E-state index in [1.165, 1.54) is 25.0 Å². The fourth-order valence-corrected chi connectivity index (χ4v) is 2.33. The lowest BCUT2D eigenvalue weighted by molar-refractivity contribution is 0.385. The number of hydrogen-bond donors (Lipinski definition) is 1. The molecule has 0 radical (unpaired) electrons. The molecule has 1 N–H and O–H groups in total. The van der Waals surface area contributed by atoms with Crippen LogP contribution in [0.1, 0.15) is 44.3 Å². The maximum atomic E-state index is 5.43. The molecule has 0 saturated heterocycles. The molecule has 0 aliphatic heterocycles. The van der Waals surface area contributed by atoms with Crippen molar-refractivity contribution in [3.63, 3.8) is 0 Å². The third kappa shape index (κ3) is 2.80. The number of nitrogens with zero attached hydrogens (tertiary/aromatic N) is 2. The van der Waals surface area contributed by atoms with Gasteiger partial charge in [-0.3, -0.25) is 4.68 Å². The molecule has 1 atom stereocenters. The molecule has 96 valence electrons. The van der Waals surface area contributed by atoms with E-state index in [0.717, 1.165) is 24.6 Å². The van der Waals surface area contributed by atoms with Gasteiger partial charge in [-0.05, 0) is 25.8 Å². The van der Waals surface area contributed by atoms with Crippen molar-refractivity contribution in [1.82, 2.24) is 15.1 Å². The van der Waals surface area contributed by atoms with Crippen molar-refractivity contribution in [2.24, 2.45) is 5.92 Å². The van der Waals surface area contributed by atoms with Gasteiger partial charge in [-0.1, -0.05) is 19.8 Å². The molecule has 2 rings (SSSR count). The van der Waals surface area contributed by atoms with Crippen LogP contribution in [0.5, 0.6) is 5.75 Å². The Morgan fingerprint density at radius 2 is 2.35 bits per heavy atom. The van der Waals surface area contributed by atoms with Crippen LogP contribution in [0.4, 0.5) is 0 Å². The molecule has 1 aromatic rings. The zero-order chi connectivity index (χ0) is 12.3. The standard InChI is InChI=1S/C13H23N3O/c1-4-7-16-13(12(17-3)9-15-16)11(14-2)8-10-5-6-10/h9-11,14H,4-8H2,1-3H3. The summed E-state index contributed by atoms with van der Waals surface area (Å²) in [4.78, 5) is 0. The second-order valence-electron chi connectivity index (χ2n) is 4.84. The van der Waals surface area contributed by atoms with Gasteiger partial charge in [-0.25, -0.2) is 0 Å². The number of hydrogen-bond acceptors (Lipinski definition) is 3. The van der Waals surface area contributed by atoms with Crippen molar-refractivity contribution < 1.29 is 4.74 Å². The maximum absolute atomic E-state index is 5.43. The van der Waals surface area contributed by atoms with Crippen LogP contribution in [0, 0.1) is 5.92 Å². The van der Waals surface area contributed by atoms with E-state index >= 15 is 0 Å². The highest BCUT2D eigenvalue weighted by Crippen LogP contribution is 2.39.